The number of piperidine rings is 1. The zero-order valence-electron chi connectivity index (χ0n) is 13.1. The van der Waals surface area contributed by atoms with Gasteiger partial charge in [0.1, 0.15) is 5.75 Å². The van der Waals surface area contributed by atoms with E-state index in [2.05, 4.69) is 10.1 Å². The lowest BCUT2D eigenvalue weighted by Gasteiger charge is -2.37. The molecule has 0 radical (unpaired) electrons. The summed E-state index contributed by atoms with van der Waals surface area (Å²) in [4.78, 5) is 10.8. The number of carboxylic acid groups (broad SMARTS) is 1. The van der Waals surface area contributed by atoms with Crippen molar-refractivity contribution in [1.29, 1.82) is 0 Å². The summed E-state index contributed by atoms with van der Waals surface area (Å²) in [6.07, 6.45) is 1.08. The third kappa shape index (κ3) is 3.69. The Hall–Kier alpha value is -1.94. The Morgan fingerprint density at radius 3 is 2.24 bits per heavy atom. The molecule has 0 aromatic heterocycles. The Morgan fingerprint density at radius 1 is 1.20 bits per heavy atom. The smallest absolute Gasteiger partial charge is 0.404 e. The molecule has 2 saturated heterocycles. The summed E-state index contributed by atoms with van der Waals surface area (Å²) < 4.78 is 55.9. The summed E-state index contributed by atoms with van der Waals surface area (Å²) in [5.74, 6) is -0.110. The highest BCUT2D eigenvalue weighted by Gasteiger charge is 2.47. The minimum atomic E-state index is -3.78. The highest BCUT2D eigenvalue weighted by atomic mass is 32.2. The van der Waals surface area contributed by atoms with Crippen LogP contribution in [0.25, 0.3) is 0 Å². The highest BCUT2D eigenvalue weighted by molar-refractivity contribution is 7.89. The lowest BCUT2D eigenvalue weighted by molar-refractivity contribution is -0.0498. The fraction of sp³-hybridized carbons (Fsp3) is 0.533. The molecule has 2 aliphatic heterocycles. The van der Waals surface area contributed by atoms with Crippen molar-refractivity contribution in [3.8, 4) is 5.75 Å². The van der Waals surface area contributed by atoms with Gasteiger partial charge in [0.25, 0.3) is 0 Å². The van der Waals surface area contributed by atoms with Crippen molar-refractivity contribution in [2.45, 2.75) is 55.3 Å². The number of nitrogens with zero attached hydrogens (tertiary/aromatic N) is 1. The summed E-state index contributed by atoms with van der Waals surface area (Å²) in [6, 6.07) is 4.08. The second-order valence-electron chi connectivity index (χ2n) is 6.19. The topological polar surface area (TPSA) is 95.9 Å². The first kappa shape index (κ1) is 17.9. The van der Waals surface area contributed by atoms with E-state index in [4.69, 9.17) is 5.11 Å². The zero-order valence-corrected chi connectivity index (χ0v) is 14.0. The first-order valence-corrected chi connectivity index (χ1v) is 9.29. The van der Waals surface area contributed by atoms with Gasteiger partial charge in [-0.1, -0.05) is 0 Å². The maximum Gasteiger partial charge on any atom is 0.404 e. The lowest BCUT2D eigenvalue weighted by Crippen LogP contribution is -2.52. The van der Waals surface area contributed by atoms with E-state index in [0.29, 0.717) is 25.7 Å². The monoisotopic (exact) mass is 376 g/mol. The summed E-state index contributed by atoms with van der Waals surface area (Å²) >= 11 is 0. The van der Waals surface area contributed by atoms with Crippen molar-refractivity contribution in [1.82, 2.24) is 9.62 Å². The van der Waals surface area contributed by atoms with E-state index in [1.165, 1.54) is 28.6 Å². The van der Waals surface area contributed by atoms with Crippen molar-refractivity contribution < 1.29 is 31.8 Å². The van der Waals surface area contributed by atoms with Gasteiger partial charge in [-0.05, 0) is 49.9 Å². The SMILES string of the molecule is O=C(O)NC1C[C@H]2CC[C@@H](C1)N2S(=O)(=O)c1ccc(OC(F)F)cc1. The second kappa shape index (κ2) is 6.75. The van der Waals surface area contributed by atoms with E-state index in [-0.39, 0.29) is 28.8 Å². The van der Waals surface area contributed by atoms with Crippen LogP contribution in [0.3, 0.4) is 0 Å². The number of alkyl halides is 2. The van der Waals surface area contributed by atoms with Crippen molar-refractivity contribution >= 4 is 16.1 Å². The number of benzene rings is 1. The molecule has 0 aliphatic carbocycles. The Kier molecular flexibility index (Phi) is 4.83. The fourth-order valence-electron chi connectivity index (χ4n) is 3.73. The van der Waals surface area contributed by atoms with Crippen LogP contribution < -0.4 is 10.1 Å². The van der Waals surface area contributed by atoms with Crippen LogP contribution >= 0.6 is 0 Å². The number of hydrogen-bond acceptors (Lipinski definition) is 4. The molecule has 0 spiro atoms. The van der Waals surface area contributed by atoms with Gasteiger partial charge in [0.2, 0.25) is 10.0 Å². The van der Waals surface area contributed by atoms with Gasteiger partial charge in [-0.15, -0.1) is 0 Å². The molecular formula is C15H18F2N2O5S. The van der Waals surface area contributed by atoms with Crippen molar-refractivity contribution in [2.24, 2.45) is 0 Å². The fourth-order valence-corrected chi connectivity index (χ4v) is 5.63. The Balaban J connectivity index is 1.78. The van der Waals surface area contributed by atoms with Gasteiger partial charge in [-0.2, -0.15) is 13.1 Å². The van der Waals surface area contributed by atoms with Gasteiger partial charge in [-0.3, -0.25) is 0 Å². The number of ether oxygens (including phenoxy) is 1. The van der Waals surface area contributed by atoms with Gasteiger partial charge in [0.15, 0.2) is 0 Å². The highest BCUT2D eigenvalue weighted by Crippen LogP contribution is 2.40. The first-order chi connectivity index (χ1) is 11.8. The second-order valence-corrected chi connectivity index (χ2v) is 8.03. The average Bonchev–Trinajstić information content (AvgIpc) is 2.79. The molecule has 3 rings (SSSR count). The van der Waals surface area contributed by atoms with Crippen molar-refractivity contribution in [3.05, 3.63) is 24.3 Å². The number of carbonyl (C=O) groups is 1. The third-order valence-corrected chi connectivity index (χ3v) is 6.64. The number of hydrogen-bond donors (Lipinski definition) is 2. The van der Waals surface area contributed by atoms with Gasteiger partial charge in [-0.25, -0.2) is 13.2 Å². The van der Waals surface area contributed by atoms with Gasteiger partial charge in [0, 0.05) is 18.1 Å². The number of sulfonamides is 1. The Labute approximate surface area is 143 Å². The molecule has 25 heavy (non-hydrogen) atoms. The van der Waals surface area contributed by atoms with Gasteiger partial charge >= 0.3 is 12.7 Å². The van der Waals surface area contributed by atoms with Gasteiger partial charge in [0.05, 0.1) is 4.90 Å². The number of halogens is 2. The van der Waals surface area contributed by atoms with Crippen molar-refractivity contribution in [2.75, 3.05) is 0 Å². The van der Waals surface area contributed by atoms with E-state index in [1.807, 2.05) is 0 Å². The minimum Gasteiger partial charge on any atom is -0.465 e. The number of nitrogens with one attached hydrogen (secondary N) is 1. The summed E-state index contributed by atoms with van der Waals surface area (Å²) in [5.41, 5.74) is 0. The Morgan fingerprint density at radius 2 is 1.76 bits per heavy atom. The molecule has 1 aromatic carbocycles. The van der Waals surface area contributed by atoms with E-state index in [0.717, 1.165) is 0 Å². The molecule has 7 nitrogen and oxygen atoms in total. The molecule has 2 bridgehead atoms. The third-order valence-electron chi connectivity index (χ3n) is 4.62. The molecule has 1 unspecified atom stereocenters. The minimum absolute atomic E-state index is 0.00987. The van der Waals surface area contributed by atoms with Crippen LogP contribution in [0.2, 0.25) is 0 Å². The van der Waals surface area contributed by atoms with Crippen LogP contribution in [0, 0.1) is 0 Å². The van der Waals surface area contributed by atoms with Crippen LogP contribution in [0.4, 0.5) is 13.6 Å². The molecule has 2 heterocycles. The van der Waals surface area contributed by atoms with E-state index < -0.39 is 22.7 Å². The molecule has 138 valence electrons. The normalized spacial score (nSPS) is 26.6. The quantitative estimate of drug-likeness (QED) is 0.822. The predicted octanol–water partition coefficient (Wildman–Crippen LogP) is 2.24. The maximum absolute atomic E-state index is 12.9. The molecule has 0 saturated carbocycles. The van der Waals surface area contributed by atoms with E-state index in [9.17, 15) is 22.0 Å². The van der Waals surface area contributed by atoms with Gasteiger partial charge < -0.3 is 15.2 Å². The molecule has 3 atom stereocenters. The zero-order chi connectivity index (χ0) is 18.2. The van der Waals surface area contributed by atoms with Crippen molar-refractivity contribution in [3.63, 3.8) is 0 Å². The van der Waals surface area contributed by atoms with Crippen LogP contribution in [-0.4, -0.2) is 48.7 Å². The first-order valence-electron chi connectivity index (χ1n) is 7.85. The molecule has 2 N–H and O–H groups in total. The predicted molar refractivity (Wildman–Crippen MR) is 83.1 cm³/mol. The Bertz CT molecular complexity index is 727. The molecular weight excluding hydrogens is 358 g/mol. The average molecular weight is 376 g/mol. The van der Waals surface area contributed by atoms with Crippen LogP contribution in [0.15, 0.2) is 29.2 Å². The molecule has 10 heteroatoms. The summed E-state index contributed by atoms with van der Waals surface area (Å²) in [7, 11) is -3.78. The number of fused-ring (bicyclic) bond motifs is 2. The van der Waals surface area contributed by atoms with E-state index in [1.54, 1.807) is 0 Å². The maximum atomic E-state index is 12.9. The molecule has 1 aromatic rings. The largest absolute Gasteiger partial charge is 0.465 e. The van der Waals surface area contributed by atoms with Crippen LogP contribution in [-0.2, 0) is 10.0 Å². The van der Waals surface area contributed by atoms with Crippen LogP contribution in [0.1, 0.15) is 25.7 Å². The number of amides is 1. The molecule has 2 fully saturated rings. The number of rotatable bonds is 5. The lowest BCUT2D eigenvalue weighted by atomic mass is 10.00. The van der Waals surface area contributed by atoms with E-state index >= 15 is 0 Å². The van der Waals surface area contributed by atoms with Crippen LogP contribution in [0.5, 0.6) is 5.75 Å². The molecule has 2 aliphatic rings. The summed E-state index contributed by atoms with van der Waals surface area (Å²) in [5, 5.41) is 11.3. The molecule has 1 amide bonds. The standard InChI is InChI=1S/C15H18F2N2O5S/c16-14(17)24-12-3-5-13(6-4-12)25(22,23)19-10-1-2-11(19)8-9(7-10)18-15(20)21/h3-6,9-11,14,18H,1-2,7-8H2,(H,20,21)/t9?,10-,11+. The summed E-state index contributed by atoms with van der Waals surface area (Å²) in [6.45, 7) is -2.97.